The number of thioether (sulfide) groups is 1. The van der Waals surface area contributed by atoms with Crippen LogP contribution in [0.3, 0.4) is 0 Å². The van der Waals surface area contributed by atoms with E-state index in [1.165, 1.54) is 23.1 Å². The average molecular weight is 640 g/mol. The van der Waals surface area contributed by atoms with Gasteiger partial charge in [-0.15, -0.1) is 23.1 Å². The van der Waals surface area contributed by atoms with Crippen LogP contribution in [0.15, 0.2) is 155 Å². The fourth-order valence-electron chi connectivity index (χ4n) is 4.84. The second-order valence-corrected chi connectivity index (χ2v) is 12.5. The van der Waals surface area contributed by atoms with Crippen LogP contribution in [0.25, 0.3) is 16.8 Å². The summed E-state index contributed by atoms with van der Waals surface area (Å²) in [4.78, 5) is 41.7. The largest absolute Gasteiger partial charge is 0.324 e. The first-order valence-corrected chi connectivity index (χ1v) is 16.3. The van der Waals surface area contributed by atoms with Crippen LogP contribution in [-0.4, -0.2) is 17.7 Å². The third kappa shape index (κ3) is 7.61. The second kappa shape index (κ2) is 14.6. The molecule has 6 rings (SSSR count). The zero-order valence-corrected chi connectivity index (χ0v) is 26.2. The Labute approximate surface area is 275 Å². The lowest BCUT2D eigenvalue weighted by atomic mass is 10.1. The van der Waals surface area contributed by atoms with Crippen molar-refractivity contribution in [2.24, 2.45) is 0 Å². The molecule has 46 heavy (non-hydrogen) atoms. The fraction of sp³-hybridized carbons (Fsp3) is 0.0263. The molecule has 0 saturated heterocycles. The number of nitrogens with one attached hydrogen (secondary N) is 3. The molecular formula is C38H29N3O3S2. The Hall–Kier alpha value is -5.44. The van der Waals surface area contributed by atoms with Gasteiger partial charge < -0.3 is 16.0 Å². The number of rotatable bonds is 10. The van der Waals surface area contributed by atoms with Crippen molar-refractivity contribution in [2.45, 2.75) is 10.1 Å². The lowest BCUT2D eigenvalue weighted by molar-refractivity contribution is -0.116. The lowest BCUT2D eigenvalue weighted by Gasteiger charge is -2.18. The molecule has 0 bridgehead atoms. The lowest BCUT2D eigenvalue weighted by Crippen LogP contribution is -2.30. The van der Waals surface area contributed by atoms with Crippen LogP contribution in [0.5, 0.6) is 0 Å². The van der Waals surface area contributed by atoms with E-state index in [2.05, 4.69) is 16.0 Å². The summed E-state index contributed by atoms with van der Waals surface area (Å²) in [5.74, 6) is -0.962. The first-order valence-electron chi connectivity index (χ1n) is 14.6. The van der Waals surface area contributed by atoms with Crippen LogP contribution >= 0.6 is 23.1 Å². The van der Waals surface area contributed by atoms with Crippen molar-refractivity contribution in [3.63, 3.8) is 0 Å². The minimum absolute atomic E-state index is 0.129. The van der Waals surface area contributed by atoms with Gasteiger partial charge in [-0.1, -0.05) is 91.0 Å². The molecule has 1 atom stereocenters. The molecule has 3 amide bonds. The van der Waals surface area contributed by atoms with Crippen molar-refractivity contribution in [3.8, 4) is 0 Å². The van der Waals surface area contributed by atoms with E-state index in [9.17, 15) is 14.4 Å². The van der Waals surface area contributed by atoms with Crippen LogP contribution in [-0.2, 0) is 9.59 Å². The monoisotopic (exact) mass is 639 g/mol. The Bertz CT molecular complexity index is 1990. The number of thiophene rings is 1. The van der Waals surface area contributed by atoms with Gasteiger partial charge in [0.1, 0.15) is 10.9 Å². The maximum Gasteiger partial charge on any atom is 0.272 e. The van der Waals surface area contributed by atoms with Gasteiger partial charge in [0.2, 0.25) is 5.91 Å². The molecule has 0 aliphatic heterocycles. The topological polar surface area (TPSA) is 87.3 Å². The number of amides is 3. The molecule has 3 N–H and O–H groups in total. The van der Waals surface area contributed by atoms with Crippen molar-refractivity contribution in [3.05, 3.63) is 167 Å². The Balaban J connectivity index is 1.18. The van der Waals surface area contributed by atoms with Gasteiger partial charge in [0.25, 0.3) is 11.8 Å². The van der Waals surface area contributed by atoms with Gasteiger partial charge in [0, 0.05) is 32.1 Å². The number of carbonyl (C=O) groups is 3. The van der Waals surface area contributed by atoms with E-state index < -0.39 is 11.2 Å². The molecular weight excluding hydrogens is 611 g/mol. The standard InChI is InChI=1S/C38H29N3O3S2/c42-36(28-14-5-2-6-15-28)41-34(25-31-17-10-24-45-31)37(43)39-29-20-22-30(23-21-29)46-35(27-12-3-1-4-13-27)38(44)40-33-19-9-16-26-11-7-8-18-32(26)33/h1-25,35H,(H,39,43)(H,40,44)(H,41,42)/b34-25-. The van der Waals surface area contributed by atoms with Crippen molar-refractivity contribution in [2.75, 3.05) is 10.6 Å². The highest BCUT2D eigenvalue weighted by Crippen LogP contribution is 2.37. The minimum atomic E-state index is -0.519. The maximum absolute atomic E-state index is 13.7. The van der Waals surface area contributed by atoms with Crippen LogP contribution in [0.2, 0.25) is 0 Å². The molecule has 0 aliphatic carbocycles. The Kier molecular flexibility index (Phi) is 9.68. The van der Waals surface area contributed by atoms with Gasteiger partial charge in [0.15, 0.2) is 0 Å². The Morgan fingerprint density at radius 2 is 1.37 bits per heavy atom. The van der Waals surface area contributed by atoms with Gasteiger partial charge >= 0.3 is 0 Å². The summed E-state index contributed by atoms with van der Waals surface area (Å²) in [5, 5.41) is 12.2. The smallest absolute Gasteiger partial charge is 0.272 e. The molecule has 1 heterocycles. The highest BCUT2D eigenvalue weighted by Gasteiger charge is 2.23. The molecule has 5 aromatic carbocycles. The summed E-state index contributed by atoms with van der Waals surface area (Å²) in [6.45, 7) is 0. The van der Waals surface area contributed by atoms with Crippen molar-refractivity contribution in [1.82, 2.24) is 5.32 Å². The van der Waals surface area contributed by atoms with Crippen LogP contribution < -0.4 is 16.0 Å². The number of fused-ring (bicyclic) bond motifs is 1. The van der Waals surface area contributed by atoms with E-state index in [1.807, 2.05) is 109 Å². The number of hydrogen-bond donors (Lipinski definition) is 3. The Morgan fingerprint density at radius 3 is 2.11 bits per heavy atom. The van der Waals surface area contributed by atoms with Crippen molar-refractivity contribution >= 4 is 69.0 Å². The van der Waals surface area contributed by atoms with E-state index in [0.29, 0.717) is 11.3 Å². The summed E-state index contributed by atoms with van der Waals surface area (Å²) in [5.41, 5.74) is 2.76. The fourth-order valence-corrected chi connectivity index (χ4v) is 6.52. The van der Waals surface area contributed by atoms with Gasteiger partial charge in [0.05, 0.1) is 0 Å². The van der Waals surface area contributed by atoms with E-state index >= 15 is 0 Å². The summed E-state index contributed by atoms with van der Waals surface area (Å²) in [6.07, 6.45) is 1.66. The predicted molar refractivity (Wildman–Crippen MR) is 189 cm³/mol. The first kappa shape index (κ1) is 30.6. The van der Waals surface area contributed by atoms with Gasteiger partial charge in [-0.25, -0.2) is 0 Å². The number of hydrogen-bond acceptors (Lipinski definition) is 5. The molecule has 0 spiro atoms. The summed E-state index contributed by atoms with van der Waals surface area (Å²) in [7, 11) is 0. The molecule has 6 nitrogen and oxygen atoms in total. The second-order valence-electron chi connectivity index (χ2n) is 10.3. The van der Waals surface area contributed by atoms with Crippen LogP contribution in [0.4, 0.5) is 11.4 Å². The number of anilines is 2. The van der Waals surface area contributed by atoms with Crippen LogP contribution in [0, 0.1) is 0 Å². The van der Waals surface area contributed by atoms with Gasteiger partial charge in [-0.05, 0) is 70.9 Å². The van der Waals surface area contributed by atoms with Crippen molar-refractivity contribution < 1.29 is 14.4 Å². The van der Waals surface area contributed by atoms with E-state index in [0.717, 1.165) is 31.8 Å². The van der Waals surface area contributed by atoms with E-state index in [1.54, 1.807) is 42.5 Å². The van der Waals surface area contributed by atoms with Gasteiger partial charge in [-0.3, -0.25) is 14.4 Å². The van der Waals surface area contributed by atoms with Crippen molar-refractivity contribution in [1.29, 1.82) is 0 Å². The third-order valence-corrected chi connectivity index (χ3v) is 9.20. The normalized spacial score (nSPS) is 11.9. The third-order valence-electron chi connectivity index (χ3n) is 7.11. The zero-order valence-electron chi connectivity index (χ0n) is 24.6. The average Bonchev–Trinajstić information content (AvgIpc) is 3.62. The number of benzene rings is 5. The molecule has 226 valence electrons. The molecule has 1 aromatic heterocycles. The molecule has 8 heteroatoms. The van der Waals surface area contributed by atoms with Gasteiger partial charge in [-0.2, -0.15) is 0 Å². The zero-order chi connectivity index (χ0) is 31.7. The SMILES string of the molecule is O=C(Nc1ccc(SC(C(=O)Nc2cccc3ccccc23)c2ccccc2)cc1)/C(=C/c1cccs1)NC(=O)c1ccccc1. The molecule has 0 fully saturated rings. The highest BCUT2D eigenvalue weighted by atomic mass is 32.2. The van der Waals surface area contributed by atoms with E-state index in [4.69, 9.17) is 0 Å². The quantitative estimate of drug-likeness (QED) is 0.103. The Morgan fingerprint density at radius 1 is 0.674 bits per heavy atom. The first-order chi connectivity index (χ1) is 22.5. The summed E-state index contributed by atoms with van der Waals surface area (Å²) >= 11 is 2.89. The molecule has 1 unspecified atom stereocenters. The predicted octanol–water partition coefficient (Wildman–Crippen LogP) is 8.78. The summed E-state index contributed by atoms with van der Waals surface area (Å²) < 4.78 is 0. The minimum Gasteiger partial charge on any atom is -0.324 e. The molecule has 0 radical (unpaired) electrons. The summed E-state index contributed by atoms with van der Waals surface area (Å²) in [6, 6.07) is 43.3. The van der Waals surface area contributed by atoms with Crippen LogP contribution in [0.1, 0.15) is 26.0 Å². The number of carbonyl (C=O) groups excluding carboxylic acids is 3. The highest BCUT2D eigenvalue weighted by molar-refractivity contribution is 8.00. The molecule has 0 saturated carbocycles. The maximum atomic E-state index is 13.7. The molecule has 0 aliphatic rings. The van der Waals surface area contributed by atoms with E-state index in [-0.39, 0.29) is 17.5 Å². The molecule has 6 aromatic rings.